The fourth-order valence-electron chi connectivity index (χ4n) is 5.29. The third-order valence-electron chi connectivity index (χ3n) is 7.90. The van der Waals surface area contributed by atoms with Gasteiger partial charge in [-0.2, -0.15) is 0 Å². The number of hydrogen-bond donors (Lipinski definition) is 0. The van der Waals surface area contributed by atoms with Gasteiger partial charge in [-0.05, 0) is 25.2 Å². The lowest BCUT2D eigenvalue weighted by Gasteiger charge is -2.16. The lowest BCUT2D eigenvalue weighted by Crippen LogP contribution is -2.14. The van der Waals surface area contributed by atoms with E-state index < -0.39 is 0 Å². The monoisotopic (exact) mass is 509 g/mol. The highest BCUT2D eigenvalue weighted by Gasteiger charge is 2.12. The van der Waals surface area contributed by atoms with E-state index in [1.54, 1.807) is 0 Å². The van der Waals surface area contributed by atoms with Crippen LogP contribution in [0.2, 0.25) is 0 Å². The van der Waals surface area contributed by atoms with E-state index in [4.69, 9.17) is 4.74 Å². The lowest BCUT2D eigenvalue weighted by atomic mass is 9.96. The van der Waals surface area contributed by atoms with E-state index in [1.807, 2.05) is 0 Å². The molecular formula is C34H68O2. The first-order valence-electron chi connectivity index (χ1n) is 16.9. The molecule has 0 amide bonds. The van der Waals surface area contributed by atoms with E-state index >= 15 is 0 Å². The Morgan fingerprint density at radius 1 is 0.444 bits per heavy atom. The SMILES string of the molecule is CCCCCCCCCCCCCCCCCCCCCC(=O)OCC(CCCC)CCCCCC. The van der Waals surface area contributed by atoms with Crippen LogP contribution in [0, 0.1) is 5.92 Å². The maximum Gasteiger partial charge on any atom is 0.305 e. The van der Waals surface area contributed by atoms with Crippen LogP contribution in [0.4, 0.5) is 0 Å². The summed E-state index contributed by atoms with van der Waals surface area (Å²) in [5.41, 5.74) is 0. The third kappa shape index (κ3) is 28.0. The van der Waals surface area contributed by atoms with Crippen molar-refractivity contribution in [1.29, 1.82) is 0 Å². The molecule has 2 nitrogen and oxygen atoms in total. The highest BCUT2D eigenvalue weighted by molar-refractivity contribution is 5.69. The Labute approximate surface area is 228 Å². The molecule has 0 heterocycles. The second-order valence-electron chi connectivity index (χ2n) is 11.7. The average molecular weight is 509 g/mol. The van der Waals surface area contributed by atoms with Crippen molar-refractivity contribution in [2.24, 2.45) is 5.92 Å². The van der Waals surface area contributed by atoms with Gasteiger partial charge in [0.2, 0.25) is 0 Å². The molecule has 0 spiro atoms. The lowest BCUT2D eigenvalue weighted by molar-refractivity contribution is -0.145. The highest BCUT2D eigenvalue weighted by atomic mass is 16.5. The molecule has 0 aromatic rings. The van der Waals surface area contributed by atoms with E-state index in [1.165, 1.54) is 167 Å². The van der Waals surface area contributed by atoms with Gasteiger partial charge in [0.25, 0.3) is 0 Å². The Morgan fingerprint density at radius 3 is 1.19 bits per heavy atom. The first-order chi connectivity index (χ1) is 17.7. The van der Waals surface area contributed by atoms with E-state index in [2.05, 4.69) is 20.8 Å². The molecule has 0 aliphatic rings. The van der Waals surface area contributed by atoms with Crippen molar-refractivity contribution in [1.82, 2.24) is 0 Å². The minimum absolute atomic E-state index is 0.0389. The number of carbonyl (C=O) groups excluding carboxylic acids is 1. The van der Waals surface area contributed by atoms with Gasteiger partial charge in [0.05, 0.1) is 6.61 Å². The van der Waals surface area contributed by atoms with Crippen LogP contribution >= 0.6 is 0 Å². The third-order valence-corrected chi connectivity index (χ3v) is 7.90. The fourth-order valence-corrected chi connectivity index (χ4v) is 5.29. The summed E-state index contributed by atoms with van der Waals surface area (Å²) < 4.78 is 5.66. The van der Waals surface area contributed by atoms with Gasteiger partial charge in [-0.15, -0.1) is 0 Å². The summed E-state index contributed by atoms with van der Waals surface area (Å²) in [5, 5.41) is 0. The molecule has 0 radical (unpaired) electrons. The smallest absolute Gasteiger partial charge is 0.305 e. The summed E-state index contributed by atoms with van der Waals surface area (Å²) in [7, 11) is 0. The summed E-state index contributed by atoms with van der Waals surface area (Å²) in [5.74, 6) is 0.618. The second-order valence-corrected chi connectivity index (χ2v) is 11.7. The maximum atomic E-state index is 12.2. The Morgan fingerprint density at radius 2 is 0.778 bits per heavy atom. The average Bonchev–Trinajstić information content (AvgIpc) is 2.89. The van der Waals surface area contributed by atoms with Gasteiger partial charge in [-0.3, -0.25) is 4.79 Å². The number of unbranched alkanes of at least 4 members (excludes halogenated alkanes) is 22. The Bertz CT molecular complexity index is 419. The fraction of sp³-hybridized carbons (Fsp3) is 0.971. The van der Waals surface area contributed by atoms with Crippen molar-refractivity contribution in [3.63, 3.8) is 0 Å². The number of hydrogen-bond acceptors (Lipinski definition) is 2. The van der Waals surface area contributed by atoms with E-state index in [9.17, 15) is 4.79 Å². The van der Waals surface area contributed by atoms with Crippen LogP contribution in [-0.4, -0.2) is 12.6 Å². The summed E-state index contributed by atoms with van der Waals surface area (Å²) >= 11 is 0. The Hall–Kier alpha value is -0.530. The van der Waals surface area contributed by atoms with E-state index in [0.29, 0.717) is 18.9 Å². The standard InChI is InChI=1S/C34H68O2/c1-4-7-10-12-13-14-15-16-17-18-19-20-21-22-23-24-25-26-28-31-34(35)36-32-33(29-9-6-3)30-27-11-8-5-2/h33H,4-32H2,1-3H3. The molecular weight excluding hydrogens is 440 g/mol. The predicted molar refractivity (Wildman–Crippen MR) is 161 cm³/mol. The molecule has 0 bridgehead atoms. The highest BCUT2D eigenvalue weighted by Crippen LogP contribution is 2.19. The van der Waals surface area contributed by atoms with Gasteiger partial charge in [-0.25, -0.2) is 0 Å². The van der Waals surface area contributed by atoms with Crippen LogP contribution in [0.5, 0.6) is 0 Å². The van der Waals surface area contributed by atoms with E-state index in [-0.39, 0.29) is 5.97 Å². The molecule has 0 aliphatic heterocycles. The van der Waals surface area contributed by atoms with Crippen LogP contribution in [0.1, 0.15) is 201 Å². The van der Waals surface area contributed by atoms with Crippen LogP contribution in [0.15, 0.2) is 0 Å². The molecule has 1 unspecified atom stereocenters. The minimum atomic E-state index is 0.0389. The van der Waals surface area contributed by atoms with Gasteiger partial charge < -0.3 is 4.74 Å². The van der Waals surface area contributed by atoms with E-state index in [0.717, 1.165) is 6.42 Å². The van der Waals surface area contributed by atoms with Crippen molar-refractivity contribution in [3.05, 3.63) is 0 Å². The largest absolute Gasteiger partial charge is 0.465 e. The van der Waals surface area contributed by atoms with Crippen LogP contribution < -0.4 is 0 Å². The zero-order valence-electron chi connectivity index (χ0n) is 25.4. The van der Waals surface area contributed by atoms with Crippen molar-refractivity contribution >= 4 is 5.97 Å². The molecule has 2 heteroatoms. The van der Waals surface area contributed by atoms with Crippen LogP contribution in [0.3, 0.4) is 0 Å². The number of esters is 1. The normalized spacial score (nSPS) is 12.2. The molecule has 0 N–H and O–H groups in total. The predicted octanol–water partition coefficient (Wildman–Crippen LogP) is 12.1. The maximum absolute atomic E-state index is 12.2. The zero-order chi connectivity index (χ0) is 26.4. The van der Waals surface area contributed by atoms with Crippen molar-refractivity contribution < 1.29 is 9.53 Å². The summed E-state index contributed by atoms with van der Waals surface area (Å²) in [4.78, 5) is 12.2. The molecule has 0 rings (SSSR count). The number of rotatable bonds is 30. The molecule has 0 aromatic carbocycles. The summed E-state index contributed by atoms with van der Waals surface area (Å²) in [6.45, 7) is 7.46. The quantitative estimate of drug-likeness (QED) is 0.0712. The van der Waals surface area contributed by atoms with Gasteiger partial charge in [-0.1, -0.05) is 175 Å². The first-order valence-corrected chi connectivity index (χ1v) is 16.9. The van der Waals surface area contributed by atoms with Crippen molar-refractivity contribution in [2.45, 2.75) is 201 Å². The topological polar surface area (TPSA) is 26.3 Å². The van der Waals surface area contributed by atoms with Crippen molar-refractivity contribution in [2.75, 3.05) is 6.61 Å². The Kier molecular flexibility index (Phi) is 30.2. The minimum Gasteiger partial charge on any atom is -0.465 e. The van der Waals surface area contributed by atoms with Crippen LogP contribution in [0.25, 0.3) is 0 Å². The molecule has 1 atom stereocenters. The van der Waals surface area contributed by atoms with Gasteiger partial charge in [0.1, 0.15) is 0 Å². The molecule has 216 valence electrons. The number of ether oxygens (including phenoxy) is 1. The molecule has 36 heavy (non-hydrogen) atoms. The zero-order valence-corrected chi connectivity index (χ0v) is 25.4. The molecule has 0 aliphatic carbocycles. The summed E-state index contributed by atoms with van der Waals surface area (Å²) in [6.07, 6.45) is 37.1. The molecule has 0 saturated carbocycles. The second kappa shape index (κ2) is 30.7. The van der Waals surface area contributed by atoms with Gasteiger partial charge in [0.15, 0.2) is 0 Å². The molecule has 0 saturated heterocycles. The summed E-state index contributed by atoms with van der Waals surface area (Å²) in [6, 6.07) is 0. The van der Waals surface area contributed by atoms with Crippen molar-refractivity contribution in [3.8, 4) is 0 Å². The molecule has 0 fully saturated rings. The number of carbonyl (C=O) groups is 1. The Balaban J connectivity index is 3.40. The molecule has 0 aromatic heterocycles. The van der Waals surface area contributed by atoms with Gasteiger partial charge >= 0.3 is 5.97 Å². The van der Waals surface area contributed by atoms with Crippen LogP contribution in [-0.2, 0) is 9.53 Å². The first kappa shape index (κ1) is 35.5. The van der Waals surface area contributed by atoms with Gasteiger partial charge in [0, 0.05) is 6.42 Å².